The van der Waals surface area contributed by atoms with E-state index in [0.29, 0.717) is 26.7 Å². The number of non-ortho nitro benzene ring substituents is 1. The molecule has 26 heavy (non-hydrogen) atoms. The van der Waals surface area contributed by atoms with Crippen LogP contribution in [0.3, 0.4) is 0 Å². The monoisotopic (exact) mass is 412 g/mol. The Hall–Kier alpha value is -1.47. The molecule has 0 aliphatic carbocycles. The largest absolute Gasteiger partial charge is 0.413 e. The number of hydrogen-bond acceptors (Lipinski definition) is 4. The molecule has 0 aliphatic heterocycles. The van der Waals surface area contributed by atoms with Gasteiger partial charge in [0.05, 0.1) is 21.6 Å². The number of benzene rings is 1. The number of pyridine rings is 1. The number of nitro benzene ring substituents is 1. The second-order valence-corrected chi connectivity index (χ2v) is 13.2. The molecule has 8 heteroatoms. The van der Waals surface area contributed by atoms with E-state index in [2.05, 4.69) is 38.8 Å². The number of rotatable bonds is 5. The van der Waals surface area contributed by atoms with E-state index >= 15 is 0 Å². The number of halogens is 2. The number of nitro groups is 1. The van der Waals surface area contributed by atoms with Crippen molar-refractivity contribution in [3.05, 3.63) is 56.3 Å². The van der Waals surface area contributed by atoms with Crippen molar-refractivity contribution in [1.29, 1.82) is 0 Å². The van der Waals surface area contributed by atoms with Crippen LogP contribution in [0.2, 0.25) is 28.2 Å². The first-order chi connectivity index (χ1) is 11.9. The molecule has 2 rings (SSSR count). The summed E-state index contributed by atoms with van der Waals surface area (Å²) >= 11 is 12.6. The van der Waals surface area contributed by atoms with Gasteiger partial charge in [-0.05, 0) is 35.3 Å². The van der Waals surface area contributed by atoms with Crippen molar-refractivity contribution in [3.63, 3.8) is 0 Å². The summed E-state index contributed by atoms with van der Waals surface area (Å²) in [4.78, 5) is 14.8. The molecule has 0 aliphatic rings. The van der Waals surface area contributed by atoms with Crippen LogP contribution in [0.5, 0.6) is 0 Å². The van der Waals surface area contributed by atoms with E-state index in [-0.39, 0.29) is 17.3 Å². The number of aromatic nitrogens is 1. The normalized spacial score (nSPS) is 12.3. The fourth-order valence-corrected chi connectivity index (χ4v) is 3.72. The van der Waals surface area contributed by atoms with E-state index in [1.54, 1.807) is 6.07 Å². The lowest BCUT2D eigenvalue weighted by Gasteiger charge is -2.36. The van der Waals surface area contributed by atoms with Crippen LogP contribution < -0.4 is 0 Å². The van der Waals surface area contributed by atoms with Gasteiger partial charge in [0.25, 0.3) is 5.69 Å². The molecule has 1 heterocycles. The molecule has 0 saturated carbocycles. The molecule has 1 aromatic heterocycles. The highest BCUT2D eigenvalue weighted by Crippen LogP contribution is 2.40. The molecule has 2 aromatic rings. The first-order valence-electron chi connectivity index (χ1n) is 8.14. The number of hydrogen-bond donors (Lipinski definition) is 0. The number of nitrogens with zero attached hydrogens (tertiary/aromatic N) is 2. The maximum Gasteiger partial charge on any atom is 0.269 e. The van der Waals surface area contributed by atoms with E-state index in [4.69, 9.17) is 27.6 Å². The fourth-order valence-electron chi connectivity index (χ4n) is 2.20. The second-order valence-electron chi connectivity index (χ2n) is 7.63. The minimum Gasteiger partial charge on any atom is -0.413 e. The molecule has 1 aromatic carbocycles. The van der Waals surface area contributed by atoms with Gasteiger partial charge in [-0.15, -0.1) is 0 Å². The zero-order valence-electron chi connectivity index (χ0n) is 15.5. The molecule has 0 N–H and O–H groups in total. The van der Waals surface area contributed by atoms with Crippen molar-refractivity contribution in [2.45, 2.75) is 45.5 Å². The molecule has 0 atom stereocenters. The average Bonchev–Trinajstić information content (AvgIpc) is 2.52. The molecule has 0 unspecified atom stereocenters. The first-order valence-corrected chi connectivity index (χ1v) is 11.8. The Kier molecular flexibility index (Phi) is 6.12. The minimum atomic E-state index is -2.03. The van der Waals surface area contributed by atoms with Crippen LogP contribution in [-0.2, 0) is 11.0 Å². The quantitative estimate of drug-likeness (QED) is 0.319. The minimum absolute atomic E-state index is 0.00359. The van der Waals surface area contributed by atoms with E-state index in [9.17, 15) is 10.1 Å². The molecule has 5 nitrogen and oxygen atoms in total. The molecular weight excluding hydrogens is 391 g/mol. The molecular formula is C18H22Cl2N2O3Si. The highest BCUT2D eigenvalue weighted by atomic mass is 35.5. The third kappa shape index (κ3) is 4.43. The van der Waals surface area contributed by atoms with Gasteiger partial charge in [-0.3, -0.25) is 15.1 Å². The molecule has 0 fully saturated rings. The molecule has 140 valence electrons. The van der Waals surface area contributed by atoms with Crippen molar-refractivity contribution in [3.8, 4) is 11.1 Å². The van der Waals surface area contributed by atoms with Crippen molar-refractivity contribution in [2.24, 2.45) is 0 Å². The lowest BCUT2D eigenvalue weighted by atomic mass is 10.0. The fraction of sp³-hybridized carbons (Fsp3) is 0.389. The van der Waals surface area contributed by atoms with E-state index < -0.39 is 13.2 Å². The topological polar surface area (TPSA) is 65.3 Å². The van der Waals surface area contributed by atoms with Crippen LogP contribution in [0.15, 0.2) is 30.6 Å². The van der Waals surface area contributed by atoms with E-state index in [0.717, 1.165) is 0 Å². The Labute approximate surface area is 164 Å². The van der Waals surface area contributed by atoms with Crippen molar-refractivity contribution >= 4 is 37.2 Å². The highest BCUT2D eigenvalue weighted by molar-refractivity contribution is 6.74. The summed E-state index contributed by atoms with van der Waals surface area (Å²) in [5.41, 5.74) is 2.00. The van der Waals surface area contributed by atoms with Gasteiger partial charge in [0.2, 0.25) is 0 Å². The summed E-state index contributed by atoms with van der Waals surface area (Å²) in [6.45, 7) is 11.0. The summed E-state index contributed by atoms with van der Waals surface area (Å²) in [6, 6.07) is 4.63. The highest BCUT2D eigenvalue weighted by Gasteiger charge is 2.37. The Balaban J connectivity index is 2.52. The Morgan fingerprint density at radius 2 is 1.77 bits per heavy atom. The summed E-state index contributed by atoms with van der Waals surface area (Å²) < 4.78 is 6.27. The van der Waals surface area contributed by atoms with Gasteiger partial charge in [-0.25, -0.2) is 0 Å². The van der Waals surface area contributed by atoms with Crippen molar-refractivity contribution < 1.29 is 9.35 Å². The zero-order valence-corrected chi connectivity index (χ0v) is 18.0. The maximum absolute atomic E-state index is 11.2. The van der Waals surface area contributed by atoms with Gasteiger partial charge in [-0.1, -0.05) is 44.0 Å². The predicted octanol–water partition coefficient (Wildman–Crippen LogP) is 6.49. The van der Waals surface area contributed by atoms with E-state index in [1.807, 2.05) is 0 Å². The first kappa shape index (κ1) is 20.8. The van der Waals surface area contributed by atoms with Crippen molar-refractivity contribution in [1.82, 2.24) is 4.98 Å². The lowest BCUT2D eigenvalue weighted by molar-refractivity contribution is -0.384. The molecule has 0 spiro atoms. The van der Waals surface area contributed by atoms with Crippen LogP contribution >= 0.6 is 23.2 Å². The van der Waals surface area contributed by atoms with Gasteiger partial charge in [0, 0.05) is 30.1 Å². The maximum atomic E-state index is 11.2. The third-order valence-corrected chi connectivity index (χ3v) is 9.87. The second kappa shape index (κ2) is 7.64. The van der Waals surface area contributed by atoms with Crippen LogP contribution in [0.1, 0.15) is 26.3 Å². The summed E-state index contributed by atoms with van der Waals surface area (Å²) in [5, 5.41) is 12.0. The molecule has 0 saturated heterocycles. The SMILES string of the molecule is CC(C)(C)[Si](C)(C)OCc1cc([N+](=O)[O-])ccc1-c1c(Cl)cncc1Cl. The van der Waals surface area contributed by atoms with Gasteiger partial charge in [0.15, 0.2) is 8.32 Å². The van der Waals surface area contributed by atoms with Crippen molar-refractivity contribution in [2.75, 3.05) is 0 Å². The predicted molar refractivity (Wildman–Crippen MR) is 108 cm³/mol. The van der Waals surface area contributed by atoms with E-state index in [1.165, 1.54) is 24.5 Å². The Morgan fingerprint density at radius 3 is 2.27 bits per heavy atom. The average molecular weight is 413 g/mol. The van der Waals surface area contributed by atoms with Gasteiger partial charge in [-0.2, -0.15) is 0 Å². The third-order valence-electron chi connectivity index (χ3n) is 4.82. The standard InChI is InChI=1S/C18H22Cl2N2O3Si/c1-18(2,3)26(4,5)25-11-12-8-13(22(23)24)6-7-14(12)17-15(19)9-21-10-16(17)20/h6-10H,11H2,1-5H3. The van der Waals surface area contributed by atoms with Gasteiger partial charge in [0.1, 0.15) is 0 Å². The summed E-state index contributed by atoms with van der Waals surface area (Å²) in [7, 11) is -2.03. The molecule has 0 bridgehead atoms. The molecule has 0 amide bonds. The summed E-state index contributed by atoms with van der Waals surface area (Å²) in [5.74, 6) is 0. The Morgan fingerprint density at radius 1 is 1.19 bits per heavy atom. The van der Waals surface area contributed by atoms with Crippen LogP contribution in [0.4, 0.5) is 5.69 Å². The van der Waals surface area contributed by atoms with Gasteiger partial charge >= 0.3 is 0 Å². The van der Waals surface area contributed by atoms with Crippen LogP contribution in [-0.4, -0.2) is 18.2 Å². The van der Waals surface area contributed by atoms with Crippen LogP contribution in [0.25, 0.3) is 11.1 Å². The smallest absolute Gasteiger partial charge is 0.269 e. The zero-order chi connectivity index (χ0) is 19.7. The molecule has 0 radical (unpaired) electrons. The lowest BCUT2D eigenvalue weighted by Crippen LogP contribution is -2.40. The Bertz CT molecular complexity index is 815. The summed E-state index contributed by atoms with van der Waals surface area (Å²) in [6.07, 6.45) is 3.01. The van der Waals surface area contributed by atoms with Crippen LogP contribution in [0, 0.1) is 10.1 Å². The van der Waals surface area contributed by atoms with Gasteiger partial charge < -0.3 is 4.43 Å².